The fraction of sp³-hybridized carbons (Fsp3) is 0.500. The molecule has 0 atom stereocenters. The summed E-state index contributed by atoms with van der Waals surface area (Å²) in [5.74, 6) is -1.16. The zero-order valence-electron chi connectivity index (χ0n) is 10.6. The van der Waals surface area contributed by atoms with E-state index in [-0.39, 0.29) is 5.82 Å². The lowest BCUT2D eigenvalue weighted by molar-refractivity contribution is -0.152. The summed E-state index contributed by atoms with van der Waals surface area (Å²) < 4.78 is 19.1. The highest BCUT2D eigenvalue weighted by Crippen LogP contribution is 2.43. The number of hydrogen-bond donors (Lipinski definition) is 1. The van der Waals surface area contributed by atoms with E-state index in [1.165, 1.54) is 6.07 Å². The molecule has 0 aromatic heterocycles. The van der Waals surface area contributed by atoms with Gasteiger partial charge >= 0.3 is 5.97 Å². The van der Waals surface area contributed by atoms with Crippen molar-refractivity contribution in [2.24, 2.45) is 5.41 Å². The van der Waals surface area contributed by atoms with E-state index in [9.17, 15) is 14.3 Å². The third kappa shape index (κ3) is 2.12. The molecule has 18 heavy (non-hydrogen) atoms. The van der Waals surface area contributed by atoms with Crippen LogP contribution in [0.3, 0.4) is 0 Å². The molecule has 0 amide bonds. The Morgan fingerprint density at radius 2 is 2.06 bits per heavy atom. The van der Waals surface area contributed by atoms with Crippen LogP contribution in [0.2, 0.25) is 0 Å². The fourth-order valence-electron chi connectivity index (χ4n) is 2.51. The van der Waals surface area contributed by atoms with Crippen molar-refractivity contribution in [2.45, 2.75) is 25.7 Å². The van der Waals surface area contributed by atoms with Gasteiger partial charge in [0.05, 0.1) is 18.6 Å². The van der Waals surface area contributed by atoms with Crippen molar-refractivity contribution in [1.82, 2.24) is 0 Å². The summed E-state index contributed by atoms with van der Waals surface area (Å²) in [4.78, 5) is 11.2. The molecule has 1 N–H and O–H groups in total. The summed E-state index contributed by atoms with van der Waals surface area (Å²) in [7, 11) is 0. The normalized spacial score (nSPS) is 18.2. The van der Waals surface area contributed by atoms with Gasteiger partial charge in [0, 0.05) is 5.41 Å². The maximum atomic E-state index is 13.9. The van der Waals surface area contributed by atoms with Crippen molar-refractivity contribution in [1.29, 1.82) is 0 Å². The van der Waals surface area contributed by atoms with E-state index >= 15 is 0 Å². The molecule has 1 aromatic carbocycles. The number of carboxylic acid groups (broad SMARTS) is 1. The molecule has 0 aliphatic carbocycles. The second-order valence-corrected chi connectivity index (χ2v) is 5.62. The first kappa shape index (κ1) is 13.0. The van der Waals surface area contributed by atoms with Crippen molar-refractivity contribution in [2.75, 3.05) is 13.2 Å². The molecule has 0 bridgehead atoms. The van der Waals surface area contributed by atoms with Gasteiger partial charge in [-0.05, 0) is 31.9 Å². The molecule has 1 saturated heterocycles. The highest BCUT2D eigenvalue weighted by molar-refractivity contribution is 5.73. The van der Waals surface area contributed by atoms with Crippen molar-refractivity contribution in [3.8, 4) is 0 Å². The van der Waals surface area contributed by atoms with Gasteiger partial charge in [0.1, 0.15) is 5.82 Å². The first-order valence-electron chi connectivity index (χ1n) is 5.94. The van der Waals surface area contributed by atoms with Gasteiger partial charge in [0.2, 0.25) is 0 Å². The standard InChI is InChI=1S/C14H17FO3/c1-13(2,12(16)17)7-14(8-18-9-14)10-5-3-4-6-11(10)15/h3-6H,7-9H2,1-2H3,(H,16,17). The predicted molar refractivity (Wildman–Crippen MR) is 64.9 cm³/mol. The minimum absolute atomic E-state index is 0.290. The molecule has 1 fully saturated rings. The van der Waals surface area contributed by atoms with Crippen LogP contribution in [0.5, 0.6) is 0 Å². The molecule has 0 radical (unpaired) electrons. The second-order valence-electron chi connectivity index (χ2n) is 5.62. The average molecular weight is 252 g/mol. The van der Waals surface area contributed by atoms with E-state index in [1.54, 1.807) is 32.0 Å². The van der Waals surface area contributed by atoms with E-state index in [4.69, 9.17) is 4.74 Å². The molecular weight excluding hydrogens is 235 g/mol. The third-order valence-electron chi connectivity index (χ3n) is 3.56. The number of aliphatic carboxylic acids is 1. The van der Waals surface area contributed by atoms with E-state index in [2.05, 4.69) is 0 Å². The Balaban J connectivity index is 2.33. The van der Waals surface area contributed by atoms with Crippen molar-refractivity contribution in [3.05, 3.63) is 35.6 Å². The molecule has 0 saturated carbocycles. The zero-order valence-corrected chi connectivity index (χ0v) is 10.6. The highest BCUT2D eigenvalue weighted by Gasteiger charge is 2.47. The fourth-order valence-corrected chi connectivity index (χ4v) is 2.51. The zero-order chi connectivity index (χ0) is 13.4. The number of carboxylic acids is 1. The number of ether oxygens (including phenoxy) is 1. The van der Waals surface area contributed by atoms with Gasteiger partial charge in [-0.15, -0.1) is 0 Å². The Morgan fingerprint density at radius 1 is 1.44 bits per heavy atom. The summed E-state index contributed by atoms with van der Waals surface area (Å²) in [6.45, 7) is 4.09. The van der Waals surface area contributed by atoms with E-state index in [0.717, 1.165) is 0 Å². The average Bonchev–Trinajstić information content (AvgIpc) is 2.24. The lowest BCUT2D eigenvalue weighted by Gasteiger charge is -2.45. The van der Waals surface area contributed by atoms with Crippen LogP contribution in [0.15, 0.2) is 24.3 Å². The first-order valence-corrected chi connectivity index (χ1v) is 5.94. The van der Waals surface area contributed by atoms with Crippen LogP contribution >= 0.6 is 0 Å². The molecule has 1 heterocycles. The third-order valence-corrected chi connectivity index (χ3v) is 3.56. The quantitative estimate of drug-likeness (QED) is 0.896. The van der Waals surface area contributed by atoms with Crippen molar-refractivity contribution < 1.29 is 19.0 Å². The Labute approximate surface area is 106 Å². The molecule has 2 rings (SSSR count). The lowest BCUT2D eigenvalue weighted by atomic mass is 9.67. The molecule has 3 nitrogen and oxygen atoms in total. The molecule has 98 valence electrons. The number of carbonyl (C=O) groups is 1. The molecular formula is C14H17FO3. The summed E-state index contributed by atoms with van der Waals surface area (Å²) in [6.07, 6.45) is 0.371. The smallest absolute Gasteiger partial charge is 0.309 e. The minimum Gasteiger partial charge on any atom is -0.481 e. The van der Waals surface area contributed by atoms with Crippen LogP contribution in [0.4, 0.5) is 4.39 Å². The van der Waals surface area contributed by atoms with Gasteiger partial charge < -0.3 is 9.84 Å². The van der Waals surface area contributed by atoms with E-state index in [0.29, 0.717) is 25.2 Å². The Bertz CT molecular complexity index is 464. The van der Waals surface area contributed by atoms with Gasteiger partial charge in [-0.25, -0.2) is 4.39 Å². The SMILES string of the molecule is CC(C)(CC1(c2ccccc2F)COC1)C(=O)O. The molecule has 1 aromatic rings. The maximum Gasteiger partial charge on any atom is 0.309 e. The Hall–Kier alpha value is -1.42. The summed E-state index contributed by atoms with van der Waals surface area (Å²) >= 11 is 0. The van der Waals surface area contributed by atoms with Crippen LogP contribution in [-0.4, -0.2) is 24.3 Å². The lowest BCUT2D eigenvalue weighted by Crippen LogP contribution is -2.51. The molecule has 4 heteroatoms. The van der Waals surface area contributed by atoms with Gasteiger partial charge in [0.15, 0.2) is 0 Å². The molecule has 0 unspecified atom stereocenters. The monoisotopic (exact) mass is 252 g/mol. The van der Waals surface area contributed by atoms with Crippen LogP contribution in [0, 0.1) is 11.2 Å². The maximum absolute atomic E-state index is 13.9. The summed E-state index contributed by atoms with van der Waals surface area (Å²) in [5, 5.41) is 9.21. The van der Waals surface area contributed by atoms with Crippen molar-refractivity contribution in [3.63, 3.8) is 0 Å². The highest BCUT2D eigenvalue weighted by atomic mass is 19.1. The van der Waals surface area contributed by atoms with Crippen LogP contribution in [-0.2, 0) is 14.9 Å². The largest absolute Gasteiger partial charge is 0.481 e. The number of rotatable bonds is 4. The molecule has 1 aliphatic heterocycles. The van der Waals surface area contributed by atoms with E-state index in [1.807, 2.05) is 0 Å². The topological polar surface area (TPSA) is 46.5 Å². The number of benzene rings is 1. The minimum atomic E-state index is -0.897. The molecule has 1 aliphatic rings. The Morgan fingerprint density at radius 3 is 2.50 bits per heavy atom. The summed E-state index contributed by atoms with van der Waals surface area (Å²) in [5.41, 5.74) is -0.843. The van der Waals surface area contributed by atoms with Crippen LogP contribution in [0.1, 0.15) is 25.8 Å². The number of hydrogen-bond acceptors (Lipinski definition) is 2. The van der Waals surface area contributed by atoms with E-state index < -0.39 is 16.8 Å². The first-order chi connectivity index (χ1) is 8.37. The van der Waals surface area contributed by atoms with Gasteiger partial charge in [-0.2, -0.15) is 0 Å². The van der Waals surface area contributed by atoms with Gasteiger partial charge in [0.25, 0.3) is 0 Å². The van der Waals surface area contributed by atoms with Crippen molar-refractivity contribution >= 4 is 5.97 Å². The van der Waals surface area contributed by atoms with Crippen LogP contribution in [0.25, 0.3) is 0 Å². The van der Waals surface area contributed by atoms with Gasteiger partial charge in [-0.3, -0.25) is 4.79 Å². The van der Waals surface area contributed by atoms with Crippen LogP contribution < -0.4 is 0 Å². The predicted octanol–water partition coefficient (Wildman–Crippen LogP) is 2.59. The molecule has 0 spiro atoms. The second kappa shape index (κ2) is 4.35. The Kier molecular flexibility index (Phi) is 3.15. The number of halogens is 1. The van der Waals surface area contributed by atoms with Gasteiger partial charge in [-0.1, -0.05) is 18.2 Å². The summed E-state index contributed by atoms with van der Waals surface area (Å²) in [6, 6.07) is 6.53.